The average molecular weight is 336 g/mol. The summed E-state index contributed by atoms with van der Waals surface area (Å²) in [7, 11) is 0. The van der Waals surface area contributed by atoms with Crippen LogP contribution in [-0.2, 0) is 0 Å². The van der Waals surface area contributed by atoms with Gasteiger partial charge in [-0.05, 0) is 17.7 Å². The van der Waals surface area contributed by atoms with Gasteiger partial charge in [-0.3, -0.25) is 9.59 Å². The number of thiazole rings is 1. The van der Waals surface area contributed by atoms with Gasteiger partial charge in [0.2, 0.25) is 4.96 Å². The van der Waals surface area contributed by atoms with Gasteiger partial charge in [-0.25, -0.2) is 0 Å². The highest BCUT2D eigenvalue weighted by Crippen LogP contribution is 2.16. The molecule has 3 rings (SSSR count). The Morgan fingerprint density at radius 2 is 2.05 bits per heavy atom. The Labute approximate surface area is 119 Å². The SMILES string of the molecule is O=c1cnn2c(=O)/c(=C\c3ccccc3Br)sc2n1. The number of hydrogen-bond acceptors (Lipinski definition) is 5. The summed E-state index contributed by atoms with van der Waals surface area (Å²) in [4.78, 5) is 27.2. The molecule has 3 aromatic rings. The number of nitrogens with zero attached hydrogens (tertiary/aromatic N) is 3. The molecule has 0 aliphatic heterocycles. The maximum Gasteiger partial charge on any atom is 0.292 e. The van der Waals surface area contributed by atoms with Crippen LogP contribution in [0, 0.1) is 0 Å². The Balaban J connectivity index is 2.32. The third-order valence-electron chi connectivity index (χ3n) is 2.47. The van der Waals surface area contributed by atoms with Gasteiger partial charge in [0.25, 0.3) is 11.1 Å². The predicted octanol–water partition coefficient (Wildman–Crippen LogP) is 0.821. The van der Waals surface area contributed by atoms with E-state index in [4.69, 9.17) is 0 Å². The molecule has 0 fully saturated rings. The molecule has 5 nitrogen and oxygen atoms in total. The largest absolute Gasteiger partial charge is 0.292 e. The summed E-state index contributed by atoms with van der Waals surface area (Å²) in [5, 5.41) is 3.77. The number of hydrogen-bond donors (Lipinski definition) is 0. The molecule has 0 N–H and O–H groups in total. The molecular formula is C12H6BrN3O2S. The second kappa shape index (κ2) is 4.67. The van der Waals surface area contributed by atoms with Crippen LogP contribution in [0.4, 0.5) is 0 Å². The first-order valence-electron chi connectivity index (χ1n) is 5.30. The van der Waals surface area contributed by atoms with E-state index in [-0.39, 0.29) is 5.56 Å². The van der Waals surface area contributed by atoms with Crippen LogP contribution in [0.15, 0.2) is 44.5 Å². The summed E-state index contributed by atoms with van der Waals surface area (Å²) in [6.07, 6.45) is 2.78. The quantitative estimate of drug-likeness (QED) is 0.660. The van der Waals surface area contributed by atoms with Gasteiger partial charge in [0.1, 0.15) is 6.20 Å². The minimum Gasteiger partial charge on any atom is -0.266 e. The first-order valence-corrected chi connectivity index (χ1v) is 6.91. The van der Waals surface area contributed by atoms with Crippen LogP contribution in [0.5, 0.6) is 0 Å². The molecular weight excluding hydrogens is 330 g/mol. The number of halogens is 1. The van der Waals surface area contributed by atoms with E-state index in [1.54, 1.807) is 6.08 Å². The van der Waals surface area contributed by atoms with Gasteiger partial charge in [-0.15, -0.1) is 0 Å². The lowest BCUT2D eigenvalue weighted by Gasteiger charge is -1.94. The van der Waals surface area contributed by atoms with Crippen molar-refractivity contribution in [2.75, 3.05) is 0 Å². The van der Waals surface area contributed by atoms with Crippen molar-refractivity contribution in [3.8, 4) is 0 Å². The van der Waals surface area contributed by atoms with Gasteiger partial charge >= 0.3 is 0 Å². The van der Waals surface area contributed by atoms with Crippen LogP contribution in [0.3, 0.4) is 0 Å². The monoisotopic (exact) mass is 335 g/mol. The molecule has 0 aliphatic rings. The average Bonchev–Trinajstić information content (AvgIpc) is 2.68. The van der Waals surface area contributed by atoms with Gasteiger partial charge in [-0.2, -0.15) is 14.6 Å². The maximum absolute atomic E-state index is 12.1. The Morgan fingerprint density at radius 1 is 1.26 bits per heavy atom. The Bertz CT molecular complexity index is 932. The second-order valence-electron chi connectivity index (χ2n) is 3.73. The fourth-order valence-electron chi connectivity index (χ4n) is 1.60. The van der Waals surface area contributed by atoms with Crippen molar-refractivity contribution in [1.82, 2.24) is 14.6 Å². The first kappa shape index (κ1) is 12.2. The van der Waals surface area contributed by atoms with Crippen molar-refractivity contribution < 1.29 is 0 Å². The topological polar surface area (TPSA) is 64.3 Å². The minimum atomic E-state index is -0.450. The van der Waals surface area contributed by atoms with Crippen LogP contribution in [-0.4, -0.2) is 14.6 Å². The van der Waals surface area contributed by atoms with Gasteiger partial charge in [-0.1, -0.05) is 45.5 Å². The molecule has 0 bridgehead atoms. The van der Waals surface area contributed by atoms with E-state index in [9.17, 15) is 9.59 Å². The van der Waals surface area contributed by atoms with E-state index in [2.05, 4.69) is 26.0 Å². The van der Waals surface area contributed by atoms with Crippen LogP contribution < -0.4 is 15.7 Å². The zero-order valence-electron chi connectivity index (χ0n) is 9.41. The fraction of sp³-hybridized carbons (Fsp3) is 0. The lowest BCUT2D eigenvalue weighted by molar-refractivity contribution is 0.866. The zero-order chi connectivity index (χ0) is 13.4. The van der Waals surface area contributed by atoms with Crippen molar-refractivity contribution in [1.29, 1.82) is 0 Å². The zero-order valence-corrected chi connectivity index (χ0v) is 11.8. The van der Waals surface area contributed by atoms with Crippen molar-refractivity contribution >= 4 is 38.3 Å². The van der Waals surface area contributed by atoms with Crippen molar-refractivity contribution in [2.24, 2.45) is 0 Å². The lowest BCUT2D eigenvalue weighted by Crippen LogP contribution is -2.25. The third-order valence-corrected chi connectivity index (χ3v) is 4.15. The standard InChI is InChI=1S/C12H6BrN3O2S/c13-8-4-2-1-3-7(8)5-9-11(18)16-12(19-9)15-10(17)6-14-16/h1-6H/b9-5+. The van der Waals surface area contributed by atoms with E-state index >= 15 is 0 Å². The van der Waals surface area contributed by atoms with Gasteiger partial charge in [0.15, 0.2) is 0 Å². The van der Waals surface area contributed by atoms with Crippen molar-refractivity contribution in [2.45, 2.75) is 0 Å². The molecule has 94 valence electrons. The van der Waals surface area contributed by atoms with Crippen LogP contribution in [0.1, 0.15) is 5.56 Å². The molecule has 19 heavy (non-hydrogen) atoms. The van der Waals surface area contributed by atoms with Gasteiger partial charge < -0.3 is 0 Å². The number of benzene rings is 1. The highest BCUT2D eigenvalue weighted by Gasteiger charge is 2.05. The van der Waals surface area contributed by atoms with Crippen LogP contribution in [0.25, 0.3) is 11.0 Å². The summed E-state index contributed by atoms with van der Waals surface area (Å²) >= 11 is 4.56. The summed E-state index contributed by atoms with van der Waals surface area (Å²) in [6, 6.07) is 7.56. The number of rotatable bonds is 1. The van der Waals surface area contributed by atoms with Crippen LogP contribution >= 0.6 is 27.3 Å². The molecule has 0 saturated carbocycles. The molecule has 0 atom stereocenters. The van der Waals surface area contributed by atoms with E-state index < -0.39 is 5.56 Å². The molecule has 0 spiro atoms. The van der Waals surface area contributed by atoms with Gasteiger partial charge in [0, 0.05) is 4.47 Å². The molecule has 7 heteroatoms. The minimum absolute atomic E-state index is 0.275. The lowest BCUT2D eigenvalue weighted by atomic mass is 10.2. The van der Waals surface area contributed by atoms with Gasteiger partial charge in [0.05, 0.1) is 4.53 Å². The second-order valence-corrected chi connectivity index (χ2v) is 5.59. The van der Waals surface area contributed by atoms with Crippen molar-refractivity contribution in [3.05, 3.63) is 65.7 Å². The predicted molar refractivity (Wildman–Crippen MR) is 76.3 cm³/mol. The molecule has 0 aliphatic carbocycles. The fourth-order valence-corrected chi connectivity index (χ4v) is 2.91. The Kier molecular flexibility index (Phi) is 3.00. The van der Waals surface area contributed by atoms with Crippen molar-refractivity contribution in [3.63, 3.8) is 0 Å². The van der Waals surface area contributed by atoms with E-state index in [1.165, 1.54) is 0 Å². The molecule has 1 aromatic carbocycles. The Hall–Kier alpha value is -1.86. The summed E-state index contributed by atoms with van der Waals surface area (Å²) in [6.45, 7) is 0. The smallest absolute Gasteiger partial charge is 0.266 e. The van der Waals surface area contributed by atoms with E-state index in [0.29, 0.717) is 9.49 Å². The highest BCUT2D eigenvalue weighted by atomic mass is 79.9. The molecule has 0 amide bonds. The summed E-state index contributed by atoms with van der Waals surface area (Å²) in [5.74, 6) is 0. The Morgan fingerprint density at radius 3 is 2.84 bits per heavy atom. The highest BCUT2D eigenvalue weighted by molar-refractivity contribution is 9.10. The van der Waals surface area contributed by atoms with E-state index in [0.717, 1.165) is 32.1 Å². The van der Waals surface area contributed by atoms with E-state index in [1.807, 2.05) is 24.3 Å². The number of aromatic nitrogens is 3. The number of fused-ring (bicyclic) bond motifs is 1. The third kappa shape index (κ3) is 2.22. The van der Waals surface area contributed by atoms with Crippen LogP contribution in [0.2, 0.25) is 0 Å². The molecule has 0 radical (unpaired) electrons. The molecule has 2 heterocycles. The molecule has 0 saturated heterocycles. The summed E-state index contributed by atoms with van der Waals surface area (Å²) < 4.78 is 2.51. The summed E-state index contributed by atoms with van der Waals surface area (Å²) in [5.41, 5.74) is 0.158. The molecule has 0 unspecified atom stereocenters. The normalized spacial score (nSPS) is 12.2. The molecule has 2 aromatic heterocycles. The maximum atomic E-state index is 12.1. The first-order chi connectivity index (χ1) is 9.15.